The Kier molecular flexibility index (Phi) is 5.56. The van der Waals surface area contributed by atoms with Crippen LogP contribution in [0.25, 0.3) is 0 Å². The molecule has 15 heavy (non-hydrogen) atoms. The molecule has 1 rings (SSSR count). The topological polar surface area (TPSA) is 79.5 Å². The maximum absolute atomic E-state index is 8.89. The Labute approximate surface area is 89.5 Å². The van der Waals surface area contributed by atoms with Crippen molar-refractivity contribution >= 4 is 5.84 Å². The number of β-amino-alcohol motifs (C(OH)–C–C–N with tert-alkyl or cyclic N) is 2. The van der Waals surface area contributed by atoms with Gasteiger partial charge in [-0.3, -0.25) is 9.89 Å². The van der Waals surface area contributed by atoms with E-state index in [2.05, 4.69) is 4.99 Å². The molecule has 0 unspecified atom stereocenters. The third-order valence-corrected chi connectivity index (χ3v) is 2.31. The highest BCUT2D eigenvalue weighted by Gasteiger charge is 2.18. The van der Waals surface area contributed by atoms with Crippen molar-refractivity contribution in [3.05, 3.63) is 0 Å². The summed E-state index contributed by atoms with van der Waals surface area (Å²) in [5, 5.41) is 26.5. The highest BCUT2D eigenvalue weighted by Crippen LogP contribution is 2.06. The first-order valence-corrected chi connectivity index (χ1v) is 5.15. The molecule has 1 aliphatic rings. The molecule has 0 aromatic rings. The monoisotopic (exact) mass is 217 g/mol. The van der Waals surface area contributed by atoms with E-state index in [0.29, 0.717) is 32.8 Å². The molecule has 6 nitrogen and oxygen atoms in total. The third-order valence-electron chi connectivity index (χ3n) is 2.31. The maximum Gasteiger partial charge on any atom is 0.104 e. The number of aliphatic hydroxyl groups excluding tert-OH is 3. The largest absolute Gasteiger partial charge is 0.396 e. The molecule has 0 saturated carbocycles. The minimum absolute atomic E-state index is 0.0669. The van der Waals surface area contributed by atoms with Crippen LogP contribution >= 0.6 is 0 Å². The van der Waals surface area contributed by atoms with Gasteiger partial charge in [0.2, 0.25) is 0 Å². The van der Waals surface area contributed by atoms with Crippen LogP contribution in [0.4, 0.5) is 0 Å². The molecule has 0 radical (unpaired) electrons. The van der Waals surface area contributed by atoms with E-state index in [-0.39, 0.29) is 19.8 Å². The van der Waals surface area contributed by atoms with Gasteiger partial charge in [-0.15, -0.1) is 0 Å². The molecule has 0 fully saturated rings. The number of amidine groups is 1. The minimum Gasteiger partial charge on any atom is -0.396 e. The van der Waals surface area contributed by atoms with Gasteiger partial charge in [0, 0.05) is 19.5 Å². The highest BCUT2D eigenvalue weighted by molar-refractivity contribution is 5.82. The van der Waals surface area contributed by atoms with Gasteiger partial charge >= 0.3 is 0 Å². The first-order valence-electron chi connectivity index (χ1n) is 5.15. The lowest BCUT2D eigenvalue weighted by molar-refractivity contribution is 0.122. The number of hydrogen-bond acceptors (Lipinski definition) is 6. The second-order valence-corrected chi connectivity index (χ2v) is 3.44. The zero-order chi connectivity index (χ0) is 11.1. The van der Waals surface area contributed by atoms with E-state index in [9.17, 15) is 0 Å². The zero-order valence-corrected chi connectivity index (χ0v) is 8.84. The van der Waals surface area contributed by atoms with Crippen LogP contribution in [0.15, 0.2) is 4.99 Å². The molecule has 1 heterocycles. The molecule has 3 N–H and O–H groups in total. The van der Waals surface area contributed by atoms with Gasteiger partial charge in [-0.05, 0) is 0 Å². The van der Waals surface area contributed by atoms with Crippen LogP contribution in [0, 0.1) is 0 Å². The van der Waals surface area contributed by atoms with Crippen molar-refractivity contribution in [1.82, 2.24) is 9.80 Å². The summed E-state index contributed by atoms with van der Waals surface area (Å²) in [5.74, 6) is 0.834. The molecule has 1 aliphatic heterocycles. The normalized spacial score (nSPS) is 18.1. The lowest BCUT2D eigenvalue weighted by Gasteiger charge is -2.35. The fourth-order valence-corrected chi connectivity index (χ4v) is 1.59. The van der Waals surface area contributed by atoms with Crippen molar-refractivity contribution in [1.29, 1.82) is 0 Å². The van der Waals surface area contributed by atoms with E-state index in [4.69, 9.17) is 15.3 Å². The van der Waals surface area contributed by atoms with Gasteiger partial charge in [-0.25, -0.2) is 0 Å². The van der Waals surface area contributed by atoms with Gasteiger partial charge < -0.3 is 20.2 Å². The molecule has 0 saturated heterocycles. The van der Waals surface area contributed by atoms with Gasteiger partial charge in [-0.2, -0.15) is 0 Å². The van der Waals surface area contributed by atoms with Crippen LogP contribution in [-0.4, -0.2) is 77.2 Å². The summed E-state index contributed by atoms with van der Waals surface area (Å²) < 4.78 is 0. The Morgan fingerprint density at radius 2 is 1.80 bits per heavy atom. The quantitative estimate of drug-likeness (QED) is 0.493. The lowest BCUT2D eigenvalue weighted by atomic mass is 10.3. The molecule has 0 amide bonds. The van der Waals surface area contributed by atoms with Crippen LogP contribution in [0.5, 0.6) is 0 Å². The van der Waals surface area contributed by atoms with Gasteiger partial charge in [-0.1, -0.05) is 0 Å². The Morgan fingerprint density at radius 3 is 2.40 bits per heavy atom. The van der Waals surface area contributed by atoms with Crippen molar-refractivity contribution in [2.24, 2.45) is 4.99 Å². The van der Waals surface area contributed by atoms with Crippen LogP contribution in [0.1, 0.15) is 6.42 Å². The minimum atomic E-state index is 0.0669. The molecule has 0 aromatic carbocycles. The second-order valence-electron chi connectivity index (χ2n) is 3.44. The first kappa shape index (κ1) is 12.4. The molecule has 0 spiro atoms. The first-order chi connectivity index (χ1) is 7.31. The Bertz CT molecular complexity index is 211. The maximum atomic E-state index is 8.89. The number of aliphatic hydroxyl groups is 3. The average molecular weight is 217 g/mol. The number of aliphatic imine (C=N–C) groups is 1. The summed E-state index contributed by atoms with van der Waals surface area (Å²) >= 11 is 0. The van der Waals surface area contributed by atoms with Crippen LogP contribution in [-0.2, 0) is 0 Å². The number of rotatable bonds is 6. The average Bonchev–Trinajstić information content (AvgIpc) is 2.23. The summed E-state index contributed by atoms with van der Waals surface area (Å²) in [5.41, 5.74) is 0. The van der Waals surface area contributed by atoms with Crippen LogP contribution in [0.2, 0.25) is 0 Å². The predicted molar refractivity (Wildman–Crippen MR) is 56.5 cm³/mol. The number of hydrogen-bond donors (Lipinski definition) is 3. The van der Waals surface area contributed by atoms with E-state index >= 15 is 0 Å². The van der Waals surface area contributed by atoms with E-state index in [1.165, 1.54) is 0 Å². The molecule has 6 heteroatoms. The molecule has 0 atom stereocenters. The van der Waals surface area contributed by atoms with Gasteiger partial charge in [0.25, 0.3) is 0 Å². The summed E-state index contributed by atoms with van der Waals surface area (Å²) in [7, 11) is 0. The molecular weight excluding hydrogens is 198 g/mol. The van der Waals surface area contributed by atoms with Crippen LogP contribution < -0.4 is 0 Å². The Balaban J connectivity index is 2.53. The lowest BCUT2D eigenvalue weighted by Crippen LogP contribution is -2.48. The molecular formula is C9H19N3O3. The summed E-state index contributed by atoms with van der Waals surface area (Å²) in [6.07, 6.45) is 0.521. The Hall–Kier alpha value is -0.690. The molecule has 0 aliphatic carbocycles. The Morgan fingerprint density at radius 1 is 1.07 bits per heavy atom. The smallest absolute Gasteiger partial charge is 0.104 e. The molecule has 0 bridgehead atoms. The third kappa shape index (κ3) is 3.75. The van der Waals surface area contributed by atoms with E-state index in [0.717, 1.165) is 5.84 Å². The zero-order valence-electron chi connectivity index (χ0n) is 8.84. The van der Waals surface area contributed by atoms with Crippen molar-refractivity contribution < 1.29 is 15.3 Å². The van der Waals surface area contributed by atoms with Crippen molar-refractivity contribution in [2.45, 2.75) is 6.42 Å². The van der Waals surface area contributed by atoms with Crippen molar-refractivity contribution in [2.75, 3.05) is 46.2 Å². The van der Waals surface area contributed by atoms with E-state index in [1.807, 2.05) is 9.80 Å². The fourth-order valence-electron chi connectivity index (χ4n) is 1.59. The van der Waals surface area contributed by atoms with Crippen LogP contribution in [0.3, 0.4) is 0 Å². The molecule has 88 valence electrons. The van der Waals surface area contributed by atoms with Gasteiger partial charge in [0.05, 0.1) is 33.2 Å². The molecule has 0 aromatic heterocycles. The predicted octanol–water partition coefficient (Wildman–Crippen LogP) is -1.72. The van der Waals surface area contributed by atoms with Crippen molar-refractivity contribution in [3.63, 3.8) is 0 Å². The number of nitrogens with zero attached hydrogens (tertiary/aromatic N) is 3. The van der Waals surface area contributed by atoms with E-state index < -0.39 is 0 Å². The summed E-state index contributed by atoms with van der Waals surface area (Å²) in [6.45, 7) is 2.55. The van der Waals surface area contributed by atoms with Gasteiger partial charge in [0.15, 0.2) is 0 Å². The summed E-state index contributed by atoms with van der Waals surface area (Å²) in [4.78, 5) is 8.21. The SMILES string of the molecule is OCCC1=NCN(CCO)CN1CCO. The highest BCUT2D eigenvalue weighted by atomic mass is 16.3. The summed E-state index contributed by atoms with van der Waals surface area (Å²) in [6, 6.07) is 0. The van der Waals surface area contributed by atoms with Gasteiger partial charge in [0.1, 0.15) is 5.84 Å². The standard InChI is InChI=1S/C9H19N3O3/c13-4-1-9-10-7-11(2-5-14)8-12(9)3-6-15/h13-15H,1-8H2. The fraction of sp³-hybridized carbons (Fsp3) is 0.889. The second kappa shape index (κ2) is 6.73. The van der Waals surface area contributed by atoms with Crippen molar-refractivity contribution in [3.8, 4) is 0 Å². The van der Waals surface area contributed by atoms with E-state index in [1.54, 1.807) is 0 Å².